The third-order valence-electron chi connectivity index (χ3n) is 5.96. The highest BCUT2D eigenvalue weighted by atomic mass is 35.5. The van der Waals surface area contributed by atoms with Crippen molar-refractivity contribution in [3.05, 3.63) is 106 Å². The number of rotatable bonds is 5. The first-order chi connectivity index (χ1) is 16.3. The fraction of sp³-hybridized carbons (Fsp3) is 0.148. The molecule has 170 valence electrons. The monoisotopic (exact) mass is 472 g/mol. The zero-order valence-electron chi connectivity index (χ0n) is 18.5. The number of halogens is 1. The first kappa shape index (κ1) is 21.9. The molecule has 34 heavy (non-hydrogen) atoms. The molecule has 3 heterocycles. The van der Waals surface area contributed by atoms with E-state index in [1.165, 1.54) is 4.90 Å². The highest BCUT2D eigenvalue weighted by Crippen LogP contribution is 2.42. The van der Waals surface area contributed by atoms with E-state index in [4.69, 9.17) is 16.0 Å². The quantitative estimate of drug-likeness (QED) is 0.340. The molecule has 1 aliphatic rings. The summed E-state index contributed by atoms with van der Waals surface area (Å²) < 4.78 is 5.74. The van der Waals surface area contributed by atoms with Crippen LogP contribution in [0.4, 0.5) is 5.69 Å². The number of hydrogen-bond acceptors (Lipinski definition) is 5. The maximum absolute atomic E-state index is 13.6. The van der Waals surface area contributed by atoms with Crippen molar-refractivity contribution in [2.24, 2.45) is 0 Å². The Kier molecular flexibility index (Phi) is 5.46. The molecule has 5 rings (SSSR count). The Morgan fingerprint density at radius 2 is 1.85 bits per heavy atom. The normalized spacial score (nSPS) is 16.2. The van der Waals surface area contributed by atoms with E-state index in [1.807, 2.05) is 24.3 Å². The SMILES string of the molecule is CC(C)c1ccc(N2C(=O)C(O)=C(C(=O)c3cc4cc(Cl)ccc4o3)C2c2ccccn2)cc1. The van der Waals surface area contributed by atoms with Crippen molar-refractivity contribution in [2.75, 3.05) is 4.90 Å². The van der Waals surface area contributed by atoms with E-state index >= 15 is 0 Å². The molecule has 0 radical (unpaired) electrons. The Morgan fingerprint density at radius 3 is 2.53 bits per heavy atom. The van der Waals surface area contributed by atoms with Crippen molar-refractivity contribution in [2.45, 2.75) is 25.8 Å². The van der Waals surface area contributed by atoms with Crippen molar-refractivity contribution in [3.8, 4) is 0 Å². The van der Waals surface area contributed by atoms with Crippen LogP contribution < -0.4 is 4.90 Å². The highest BCUT2D eigenvalue weighted by Gasteiger charge is 2.46. The van der Waals surface area contributed by atoms with Gasteiger partial charge in [-0.05, 0) is 60.0 Å². The summed E-state index contributed by atoms with van der Waals surface area (Å²) in [5.41, 5.74) is 2.51. The lowest BCUT2D eigenvalue weighted by molar-refractivity contribution is -0.117. The summed E-state index contributed by atoms with van der Waals surface area (Å²) in [6.07, 6.45) is 1.58. The summed E-state index contributed by atoms with van der Waals surface area (Å²) in [6, 6.07) is 18.4. The molecule has 2 aromatic carbocycles. The van der Waals surface area contributed by atoms with Gasteiger partial charge in [0.2, 0.25) is 5.78 Å². The van der Waals surface area contributed by atoms with Crippen LogP contribution in [0.3, 0.4) is 0 Å². The molecule has 1 aliphatic heterocycles. The Labute approximate surface area is 201 Å². The van der Waals surface area contributed by atoms with Crippen molar-refractivity contribution in [1.29, 1.82) is 0 Å². The molecule has 1 unspecified atom stereocenters. The summed E-state index contributed by atoms with van der Waals surface area (Å²) in [6.45, 7) is 4.16. The average Bonchev–Trinajstić information content (AvgIpc) is 3.38. The number of benzene rings is 2. The zero-order valence-corrected chi connectivity index (χ0v) is 19.3. The standard InChI is InChI=1S/C27H21ClN2O4/c1-15(2)16-6-9-19(10-7-16)30-24(20-5-3-4-12-29-20)23(26(32)27(30)33)25(31)22-14-17-13-18(28)8-11-21(17)34-22/h3-15,24,32H,1-2H3. The Balaban J connectivity index is 1.62. The number of pyridine rings is 1. The molecule has 0 saturated heterocycles. The van der Waals surface area contributed by atoms with Gasteiger partial charge in [-0.2, -0.15) is 0 Å². The maximum Gasteiger partial charge on any atom is 0.294 e. The molecule has 2 aromatic heterocycles. The van der Waals surface area contributed by atoms with Gasteiger partial charge in [0, 0.05) is 22.3 Å². The number of Topliss-reactive ketones (excluding diaryl/α,β-unsaturated/α-hetero) is 1. The molecule has 0 bridgehead atoms. The van der Waals surface area contributed by atoms with Crippen LogP contribution in [-0.2, 0) is 4.79 Å². The minimum Gasteiger partial charge on any atom is -0.503 e. The van der Waals surface area contributed by atoms with Crippen LogP contribution in [-0.4, -0.2) is 21.8 Å². The molecule has 0 aliphatic carbocycles. The summed E-state index contributed by atoms with van der Waals surface area (Å²) in [4.78, 5) is 32.7. The largest absolute Gasteiger partial charge is 0.503 e. The van der Waals surface area contributed by atoms with Gasteiger partial charge in [-0.1, -0.05) is 43.6 Å². The third-order valence-corrected chi connectivity index (χ3v) is 6.20. The predicted molar refractivity (Wildman–Crippen MR) is 130 cm³/mol. The molecule has 6 nitrogen and oxygen atoms in total. The molecule has 0 fully saturated rings. The van der Waals surface area contributed by atoms with Crippen LogP contribution in [0, 0.1) is 0 Å². The lowest BCUT2D eigenvalue weighted by Gasteiger charge is -2.26. The van der Waals surface area contributed by atoms with Gasteiger partial charge < -0.3 is 9.52 Å². The molecule has 1 atom stereocenters. The smallest absolute Gasteiger partial charge is 0.294 e. The van der Waals surface area contributed by atoms with E-state index in [0.717, 1.165) is 5.56 Å². The van der Waals surface area contributed by atoms with E-state index in [-0.39, 0.29) is 11.3 Å². The van der Waals surface area contributed by atoms with E-state index < -0.39 is 23.5 Å². The van der Waals surface area contributed by atoms with Gasteiger partial charge in [0.1, 0.15) is 11.6 Å². The fourth-order valence-electron chi connectivity index (χ4n) is 4.20. The molecule has 0 saturated carbocycles. The lowest BCUT2D eigenvalue weighted by atomic mass is 9.97. The van der Waals surface area contributed by atoms with Crippen LogP contribution in [0.1, 0.15) is 47.6 Å². The number of hydrogen-bond donors (Lipinski definition) is 1. The van der Waals surface area contributed by atoms with E-state index in [1.54, 1.807) is 48.7 Å². The minimum absolute atomic E-state index is 0.00422. The fourth-order valence-corrected chi connectivity index (χ4v) is 4.38. The summed E-state index contributed by atoms with van der Waals surface area (Å²) in [7, 11) is 0. The van der Waals surface area contributed by atoms with Crippen molar-refractivity contribution in [1.82, 2.24) is 4.98 Å². The van der Waals surface area contributed by atoms with Crippen molar-refractivity contribution in [3.63, 3.8) is 0 Å². The zero-order chi connectivity index (χ0) is 24.0. The second-order valence-corrected chi connectivity index (χ2v) is 8.90. The number of nitrogens with zero attached hydrogens (tertiary/aromatic N) is 2. The van der Waals surface area contributed by atoms with E-state index in [0.29, 0.717) is 33.3 Å². The first-order valence-electron chi connectivity index (χ1n) is 10.9. The number of ketones is 1. The van der Waals surface area contributed by atoms with Crippen LogP contribution in [0.15, 0.2) is 88.7 Å². The Morgan fingerprint density at radius 1 is 1.09 bits per heavy atom. The third kappa shape index (κ3) is 3.66. The van der Waals surface area contributed by atoms with Crippen molar-refractivity contribution < 1.29 is 19.1 Å². The molecular weight excluding hydrogens is 452 g/mol. The second kappa shape index (κ2) is 8.47. The number of aromatic nitrogens is 1. The van der Waals surface area contributed by atoms with Crippen LogP contribution >= 0.6 is 11.6 Å². The topological polar surface area (TPSA) is 83.6 Å². The number of aliphatic hydroxyl groups is 1. The van der Waals surface area contributed by atoms with E-state index in [2.05, 4.69) is 18.8 Å². The van der Waals surface area contributed by atoms with Gasteiger partial charge in [-0.15, -0.1) is 0 Å². The summed E-state index contributed by atoms with van der Waals surface area (Å²) in [5.74, 6) is -1.55. The van der Waals surface area contributed by atoms with Gasteiger partial charge in [-0.3, -0.25) is 19.5 Å². The predicted octanol–water partition coefficient (Wildman–Crippen LogP) is 6.39. The van der Waals surface area contributed by atoms with Gasteiger partial charge in [0.25, 0.3) is 5.91 Å². The number of anilines is 1. The van der Waals surface area contributed by atoms with Gasteiger partial charge in [0.05, 0.1) is 11.3 Å². The van der Waals surface area contributed by atoms with Crippen LogP contribution in [0.2, 0.25) is 5.02 Å². The number of furan rings is 1. The average molecular weight is 473 g/mol. The second-order valence-electron chi connectivity index (χ2n) is 8.46. The van der Waals surface area contributed by atoms with Gasteiger partial charge in [0.15, 0.2) is 11.5 Å². The highest BCUT2D eigenvalue weighted by molar-refractivity contribution is 6.31. The summed E-state index contributed by atoms with van der Waals surface area (Å²) >= 11 is 6.06. The van der Waals surface area contributed by atoms with Gasteiger partial charge in [-0.25, -0.2) is 0 Å². The molecule has 0 spiro atoms. The molecular formula is C27H21ClN2O4. The van der Waals surface area contributed by atoms with Gasteiger partial charge >= 0.3 is 0 Å². The molecule has 4 aromatic rings. The Hall–Kier alpha value is -3.90. The summed E-state index contributed by atoms with van der Waals surface area (Å²) in [5, 5.41) is 12.0. The number of aliphatic hydroxyl groups excluding tert-OH is 1. The maximum atomic E-state index is 13.6. The number of amides is 1. The number of carbonyl (C=O) groups excluding carboxylic acids is 2. The van der Waals surface area contributed by atoms with E-state index in [9.17, 15) is 14.7 Å². The van der Waals surface area contributed by atoms with Crippen LogP contribution in [0.25, 0.3) is 11.0 Å². The van der Waals surface area contributed by atoms with Crippen LogP contribution in [0.5, 0.6) is 0 Å². The number of carbonyl (C=O) groups is 2. The Bertz CT molecular complexity index is 1440. The molecule has 1 amide bonds. The molecule has 7 heteroatoms. The number of fused-ring (bicyclic) bond motifs is 1. The lowest BCUT2D eigenvalue weighted by Crippen LogP contribution is -2.31. The molecule has 1 N–H and O–H groups in total. The first-order valence-corrected chi connectivity index (χ1v) is 11.2. The minimum atomic E-state index is -0.914. The van der Waals surface area contributed by atoms with Crippen molar-refractivity contribution >= 4 is 39.9 Å².